The Kier molecular flexibility index (Phi) is 5.47. The first-order valence-corrected chi connectivity index (χ1v) is 10.3. The van der Waals surface area contributed by atoms with Crippen LogP contribution in [0.2, 0.25) is 0 Å². The summed E-state index contributed by atoms with van der Waals surface area (Å²) in [6, 6.07) is 15.3. The molecule has 0 aliphatic carbocycles. The van der Waals surface area contributed by atoms with E-state index < -0.39 is 10.0 Å². The van der Waals surface area contributed by atoms with Crippen LogP contribution < -0.4 is 4.72 Å². The third kappa shape index (κ3) is 4.47. The molecule has 2 aromatic carbocycles. The second-order valence-corrected chi connectivity index (χ2v) is 8.38. The van der Waals surface area contributed by atoms with Gasteiger partial charge in [-0.1, -0.05) is 23.8 Å². The van der Waals surface area contributed by atoms with Crippen molar-refractivity contribution < 1.29 is 13.2 Å². The first-order valence-electron chi connectivity index (χ1n) is 8.77. The SMILES string of the molecule is Cc1ccc(NS(=O)(=O)c2cccc(C(=O)N3CCC(C#N)CC3)c2)cc1. The molecule has 0 saturated carbocycles. The number of nitriles is 1. The van der Waals surface area contributed by atoms with Gasteiger partial charge in [0.15, 0.2) is 0 Å². The lowest BCUT2D eigenvalue weighted by Crippen LogP contribution is -2.38. The molecular weight excluding hydrogens is 362 g/mol. The summed E-state index contributed by atoms with van der Waals surface area (Å²) in [6.07, 6.45) is 1.30. The molecule has 1 aliphatic heterocycles. The van der Waals surface area contributed by atoms with Crippen LogP contribution in [-0.2, 0) is 10.0 Å². The van der Waals surface area contributed by atoms with E-state index in [4.69, 9.17) is 5.26 Å². The van der Waals surface area contributed by atoms with Gasteiger partial charge in [-0.25, -0.2) is 8.42 Å². The van der Waals surface area contributed by atoms with Crippen LogP contribution in [0.3, 0.4) is 0 Å². The molecular formula is C20H21N3O3S. The fourth-order valence-electron chi connectivity index (χ4n) is 3.03. The number of nitrogens with one attached hydrogen (secondary N) is 1. The van der Waals surface area contributed by atoms with Crippen LogP contribution in [0.4, 0.5) is 5.69 Å². The van der Waals surface area contributed by atoms with Gasteiger partial charge < -0.3 is 4.90 Å². The fraction of sp³-hybridized carbons (Fsp3) is 0.300. The largest absolute Gasteiger partial charge is 0.339 e. The van der Waals surface area contributed by atoms with Gasteiger partial charge in [-0.05, 0) is 50.1 Å². The molecule has 6 nitrogen and oxygen atoms in total. The number of carbonyl (C=O) groups is 1. The first-order chi connectivity index (χ1) is 12.9. The molecule has 1 saturated heterocycles. The molecule has 3 rings (SSSR count). The summed E-state index contributed by atoms with van der Waals surface area (Å²) in [6.45, 7) is 2.94. The lowest BCUT2D eigenvalue weighted by atomic mass is 9.98. The van der Waals surface area contributed by atoms with Crippen molar-refractivity contribution in [3.63, 3.8) is 0 Å². The highest BCUT2D eigenvalue weighted by Gasteiger charge is 2.24. The van der Waals surface area contributed by atoms with Crippen molar-refractivity contribution in [3.8, 4) is 6.07 Å². The number of aryl methyl sites for hydroxylation is 1. The Morgan fingerprint density at radius 3 is 2.44 bits per heavy atom. The molecule has 2 aromatic rings. The van der Waals surface area contributed by atoms with Gasteiger partial charge in [0.05, 0.1) is 11.0 Å². The summed E-state index contributed by atoms with van der Waals surface area (Å²) in [7, 11) is -3.79. The molecule has 0 spiro atoms. The number of sulfonamides is 1. The Morgan fingerprint density at radius 2 is 1.81 bits per heavy atom. The monoisotopic (exact) mass is 383 g/mol. The van der Waals surface area contributed by atoms with Crippen molar-refractivity contribution in [2.24, 2.45) is 5.92 Å². The average Bonchev–Trinajstić information content (AvgIpc) is 2.69. The summed E-state index contributed by atoms with van der Waals surface area (Å²) < 4.78 is 27.8. The zero-order valence-electron chi connectivity index (χ0n) is 15.1. The van der Waals surface area contributed by atoms with Crippen molar-refractivity contribution in [2.45, 2.75) is 24.7 Å². The number of piperidine rings is 1. The van der Waals surface area contributed by atoms with Gasteiger partial charge in [0.25, 0.3) is 15.9 Å². The number of rotatable bonds is 4. The normalized spacial score (nSPS) is 15.2. The molecule has 27 heavy (non-hydrogen) atoms. The molecule has 140 valence electrons. The van der Waals surface area contributed by atoms with Crippen LogP contribution in [0, 0.1) is 24.2 Å². The predicted octanol–water partition coefficient (Wildman–Crippen LogP) is 3.17. The van der Waals surface area contributed by atoms with Crippen LogP contribution >= 0.6 is 0 Å². The topological polar surface area (TPSA) is 90.3 Å². The molecule has 0 atom stereocenters. The maximum Gasteiger partial charge on any atom is 0.261 e. The Balaban J connectivity index is 1.77. The second kappa shape index (κ2) is 7.80. The Morgan fingerprint density at radius 1 is 1.15 bits per heavy atom. The third-order valence-corrected chi connectivity index (χ3v) is 6.04. The van der Waals surface area contributed by atoms with Gasteiger partial charge in [-0.2, -0.15) is 5.26 Å². The van der Waals surface area contributed by atoms with Gasteiger partial charge in [-0.3, -0.25) is 9.52 Å². The van der Waals surface area contributed by atoms with Crippen LogP contribution in [0.5, 0.6) is 0 Å². The number of hydrogen-bond donors (Lipinski definition) is 1. The molecule has 0 aromatic heterocycles. The Bertz CT molecular complexity index is 970. The van der Waals surface area contributed by atoms with Crippen LogP contribution in [0.1, 0.15) is 28.8 Å². The minimum Gasteiger partial charge on any atom is -0.339 e. The Hall–Kier alpha value is -2.85. The second-order valence-electron chi connectivity index (χ2n) is 6.69. The summed E-state index contributed by atoms with van der Waals surface area (Å²) in [5.41, 5.74) is 1.83. The van der Waals surface area contributed by atoms with Gasteiger partial charge in [0, 0.05) is 30.3 Å². The van der Waals surface area contributed by atoms with Crippen LogP contribution in [0.25, 0.3) is 0 Å². The highest BCUT2D eigenvalue weighted by molar-refractivity contribution is 7.92. The van der Waals surface area contributed by atoms with Gasteiger partial charge in [-0.15, -0.1) is 0 Å². The Labute approximate surface area is 159 Å². The van der Waals surface area contributed by atoms with Crippen molar-refractivity contribution in [3.05, 3.63) is 59.7 Å². The maximum atomic E-state index is 12.7. The van der Waals surface area contributed by atoms with Crippen molar-refractivity contribution in [1.82, 2.24) is 4.90 Å². The highest BCUT2D eigenvalue weighted by atomic mass is 32.2. The van der Waals surface area contributed by atoms with E-state index in [-0.39, 0.29) is 16.7 Å². The predicted molar refractivity (Wildman–Crippen MR) is 103 cm³/mol. The molecule has 1 N–H and O–H groups in total. The van der Waals surface area contributed by atoms with Gasteiger partial charge in [0.1, 0.15) is 0 Å². The quantitative estimate of drug-likeness (QED) is 0.878. The number of benzene rings is 2. The van der Waals surface area contributed by atoms with E-state index in [1.807, 2.05) is 19.1 Å². The minimum absolute atomic E-state index is 0.0144. The zero-order valence-corrected chi connectivity index (χ0v) is 15.9. The van der Waals surface area contributed by atoms with Crippen LogP contribution in [-0.4, -0.2) is 32.3 Å². The van der Waals surface area contributed by atoms with E-state index in [1.165, 1.54) is 12.1 Å². The van der Waals surface area contributed by atoms with E-state index >= 15 is 0 Å². The number of likely N-dealkylation sites (tertiary alicyclic amines) is 1. The fourth-order valence-corrected chi connectivity index (χ4v) is 4.13. The summed E-state index contributed by atoms with van der Waals surface area (Å²) in [5, 5.41) is 8.97. The number of nitrogens with zero attached hydrogens (tertiary/aromatic N) is 2. The smallest absolute Gasteiger partial charge is 0.261 e. The molecule has 1 amide bonds. The first kappa shape index (κ1) is 18.9. The number of hydrogen-bond acceptors (Lipinski definition) is 4. The molecule has 0 bridgehead atoms. The van der Waals surface area contributed by atoms with Gasteiger partial charge >= 0.3 is 0 Å². The number of carbonyl (C=O) groups excluding carboxylic acids is 1. The number of anilines is 1. The van der Waals surface area contributed by atoms with Crippen molar-refractivity contribution >= 4 is 21.6 Å². The van der Waals surface area contributed by atoms with Crippen molar-refractivity contribution in [2.75, 3.05) is 17.8 Å². The molecule has 7 heteroatoms. The maximum absolute atomic E-state index is 12.7. The highest BCUT2D eigenvalue weighted by Crippen LogP contribution is 2.21. The molecule has 0 radical (unpaired) electrons. The molecule has 1 aliphatic rings. The molecule has 1 heterocycles. The van der Waals surface area contributed by atoms with Gasteiger partial charge in [0.2, 0.25) is 0 Å². The van der Waals surface area contributed by atoms with E-state index in [0.29, 0.717) is 37.2 Å². The van der Waals surface area contributed by atoms with E-state index in [1.54, 1.807) is 29.2 Å². The number of amides is 1. The van der Waals surface area contributed by atoms with E-state index in [0.717, 1.165) is 5.56 Å². The van der Waals surface area contributed by atoms with Crippen molar-refractivity contribution in [1.29, 1.82) is 5.26 Å². The minimum atomic E-state index is -3.79. The zero-order chi connectivity index (χ0) is 19.4. The lowest BCUT2D eigenvalue weighted by molar-refractivity contribution is 0.0707. The lowest BCUT2D eigenvalue weighted by Gasteiger charge is -2.29. The average molecular weight is 383 g/mol. The van der Waals surface area contributed by atoms with E-state index in [2.05, 4.69) is 10.8 Å². The summed E-state index contributed by atoms with van der Waals surface area (Å²) in [5.74, 6) is -0.224. The summed E-state index contributed by atoms with van der Waals surface area (Å²) in [4.78, 5) is 14.4. The summed E-state index contributed by atoms with van der Waals surface area (Å²) >= 11 is 0. The standard InChI is InChI=1S/C20H21N3O3S/c1-15-5-7-18(8-6-15)22-27(25,26)19-4-2-3-17(13-19)20(24)23-11-9-16(14-21)10-12-23/h2-8,13,16,22H,9-12H2,1H3. The third-order valence-electron chi connectivity index (χ3n) is 4.66. The van der Waals surface area contributed by atoms with Crippen LogP contribution in [0.15, 0.2) is 53.4 Å². The molecule has 0 unspecified atom stereocenters. The van der Waals surface area contributed by atoms with E-state index in [9.17, 15) is 13.2 Å². The molecule has 1 fully saturated rings.